The van der Waals surface area contributed by atoms with E-state index in [9.17, 15) is 0 Å². The highest BCUT2D eigenvalue weighted by atomic mass is 127. The molecule has 0 aliphatic heterocycles. The monoisotopic (exact) mass is 296 g/mol. The minimum Gasteiger partial charge on any atom is -0.0864 e. The summed E-state index contributed by atoms with van der Waals surface area (Å²) in [5, 5.41) is 0. The Balaban J connectivity index is 3.35. The molecule has 0 N–H and O–H groups in total. The molecule has 80 valence electrons. The average molecular weight is 296 g/mol. The summed E-state index contributed by atoms with van der Waals surface area (Å²) in [6, 6.07) is 0. The fourth-order valence-electron chi connectivity index (χ4n) is 1.90. The van der Waals surface area contributed by atoms with Crippen molar-refractivity contribution >= 4 is 22.6 Å². The second kappa shape index (κ2) is 9.29. The molecule has 0 bridgehead atoms. The lowest BCUT2D eigenvalue weighted by Crippen LogP contribution is -2.03. The molecule has 1 heteroatoms. The van der Waals surface area contributed by atoms with Crippen LogP contribution in [0.1, 0.15) is 59.3 Å². The third-order valence-corrected chi connectivity index (χ3v) is 3.45. The van der Waals surface area contributed by atoms with Gasteiger partial charge in [-0.15, -0.1) is 0 Å². The third kappa shape index (κ3) is 9.04. The van der Waals surface area contributed by atoms with E-state index in [4.69, 9.17) is 0 Å². The molecule has 0 aromatic carbocycles. The predicted molar refractivity (Wildman–Crippen MR) is 70.6 cm³/mol. The summed E-state index contributed by atoms with van der Waals surface area (Å²) in [4.78, 5) is 0. The summed E-state index contributed by atoms with van der Waals surface area (Å²) in [5.41, 5.74) is 0. The first-order valence-corrected chi connectivity index (χ1v) is 7.29. The van der Waals surface area contributed by atoms with E-state index in [1.807, 2.05) is 0 Å². The minimum absolute atomic E-state index is 0.946. The van der Waals surface area contributed by atoms with Crippen LogP contribution in [0.2, 0.25) is 0 Å². The van der Waals surface area contributed by atoms with Crippen molar-refractivity contribution in [2.45, 2.75) is 59.3 Å². The Bertz CT molecular complexity index is 89.3. The van der Waals surface area contributed by atoms with Gasteiger partial charge in [-0.3, -0.25) is 0 Å². The molecule has 0 radical (unpaired) electrons. The van der Waals surface area contributed by atoms with Crippen molar-refractivity contribution in [2.24, 2.45) is 11.8 Å². The van der Waals surface area contributed by atoms with Crippen molar-refractivity contribution < 1.29 is 0 Å². The first-order valence-electron chi connectivity index (χ1n) is 5.76. The van der Waals surface area contributed by atoms with E-state index in [2.05, 4.69) is 43.4 Å². The molecule has 0 saturated carbocycles. The van der Waals surface area contributed by atoms with Gasteiger partial charge in [0.05, 0.1) is 0 Å². The lowest BCUT2D eigenvalue weighted by atomic mass is 9.91. The highest BCUT2D eigenvalue weighted by molar-refractivity contribution is 14.1. The Morgan fingerprint density at radius 3 is 2.00 bits per heavy atom. The van der Waals surface area contributed by atoms with Crippen molar-refractivity contribution in [1.82, 2.24) is 0 Å². The maximum atomic E-state index is 2.48. The van der Waals surface area contributed by atoms with Gasteiger partial charge in [-0.25, -0.2) is 0 Å². The number of unbranched alkanes of at least 4 members (excludes halogenated alkanes) is 1. The SMILES string of the molecule is CCCCC(C)CC(C)CCCI. The van der Waals surface area contributed by atoms with Gasteiger partial charge in [0.25, 0.3) is 0 Å². The zero-order chi connectivity index (χ0) is 10.1. The van der Waals surface area contributed by atoms with Crippen LogP contribution < -0.4 is 0 Å². The van der Waals surface area contributed by atoms with Gasteiger partial charge in [0, 0.05) is 0 Å². The molecule has 0 saturated heterocycles. The van der Waals surface area contributed by atoms with E-state index in [1.165, 1.54) is 43.0 Å². The number of hydrogen-bond acceptors (Lipinski definition) is 0. The fraction of sp³-hybridized carbons (Fsp3) is 1.00. The van der Waals surface area contributed by atoms with Crippen LogP contribution >= 0.6 is 22.6 Å². The number of hydrogen-bond donors (Lipinski definition) is 0. The Hall–Kier alpha value is 0.730. The van der Waals surface area contributed by atoms with Crippen LogP contribution in [-0.2, 0) is 0 Å². The van der Waals surface area contributed by atoms with E-state index < -0.39 is 0 Å². The average Bonchev–Trinajstić information content (AvgIpc) is 2.11. The van der Waals surface area contributed by atoms with Gasteiger partial charge in [0.1, 0.15) is 0 Å². The zero-order valence-corrected chi connectivity index (χ0v) is 11.6. The van der Waals surface area contributed by atoms with Gasteiger partial charge in [-0.2, -0.15) is 0 Å². The van der Waals surface area contributed by atoms with Crippen LogP contribution in [0.5, 0.6) is 0 Å². The summed E-state index contributed by atoms with van der Waals surface area (Å²) < 4.78 is 1.32. The van der Waals surface area contributed by atoms with E-state index >= 15 is 0 Å². The lowest BCUT2D eigenvalue weighted by Gasteiger charge is -2.16. The molecule has 0 nitrogen and oxygen atoms in total. The van der Waals surface area contributed by atoms with E-state index in [0.29, 0.717) is 0 Å². The smallest absolute Gasteiger partial charge is 0.000463 e. The molecule has 0 rings (SSSR count). The van der Waals surface area contributed by atoms with Crippen LogP contribution in [0, 0.1) is 11.8 Å². The molecule has 0 aliphatic carbocycles. The molecular formula is C12H25I. The standard InChI is InChI=1S/C12H25I/c1-4-5-7-11(2)10-12(3)8-6-9-13/h11-12H,4-10H2,1-3H3. The molecule has 13 heavy (non-hydrogen) atoms. The van der Waals surface area contributed by atoms with Crippen LogP contribution in [0.4, 0.5) is 0 Å². The van der Waals surface area contributed by atoms with Crippen LogP contribution in [0.3, 0.4) is 0 Å². The molecule has 0 amide bonds. The maximum Gasteiger partial charge on any atom is -0.000463 e. The van der Waals surface area contributed by atoms with E-state index in [0.717, 1.165) is 11.8 Å². The van der Waals surface area contributed by atoms with Gasteiger partial charge in [0.2, 0.25) is 0 Å². The Labute approximate surface area is 98.0 Å². The third-order valence-electron chi connectivity index (χ3n) is 2.69. The summed E-state index contributed by atoms with van der Waals surface area (Å²) >= 11 is 2.48. The molecule has 0 spiro atoms. The van der Waals surface area contributed by atoms with Crippen molar-refractivity contribution in [2.75, 3.05) is 4.43 Å². The maximum absolute atomic E-state index is 2.48. The van der Waals surface area contributed by atoms with Crippen molar-refractivity contribution in [3.05, 3.63) is 0 Å². The van der Waals surface area contributed by atoms with E-state index in [1.54, 1.807) is 0 Å². The normalized spacial score (nSPS) is 15.7. The minimum atomic E-state index is 0.946. The Morgan fingerprint density at radius 2 is 1.54 bits per heavy atom. The highest BCUT2D eigenvalue weighted by Crippen LogP contribution is 2.21. The van der Waals surface area contributed by atoms with Gasteiger partial charge in [-0.05, 0) is 35.5 Å². The first-order chi connectivity index (χ1) is 6.20. The zero-order valence-electron chi connectivity index (χ0n) is 9.48. The highest BCUT2D eigenvalue weighted by Gasteiger charge is 2.07. The first kappa shape index (κ1) is 13.7. The number of halogens is 1. The van der Waals surface area contributed by atoms with Gasteiger partial charge in [-0.1, -0.05) is 62.6 Å². The van der Waals surface area contributed by atoms with Gasteiger partial charge in [0.15, 0.2) is 0 Å². The quantitative estimate of drug-likeness (QED) is 0.434. The number of alkyl halides is 1. The Kier molecular flexibility index (Phi) is 9.81. The molecule has 0 heterocycles. The molecular weight excluding hydrogens is 271 g/mol. The largest absolute Gasteiger partial charge is 0.0864 e. The molecule has 2 atom stereocenters. The molecule has 0 aromatic rings. The summed E-state index contributed by atoms with van der Waals surface area (Å²) in [7, 11) is 0. The predicted octanol–water partition coefficient (Wildman–Crippen LogP) is 5.05. The van der Waals surface area contributed by atoms with Crippen molar-refractivity contribution in [3.63, 3.8) is 0 Å². The van der Waals surface area contributed by atoms with Crippen molar-refractivity contribution in [3.8, 4) is 0 Å². The Morgan fingerprint density at radius 1 is 1.00 bits per heavy atom. The lowest BCUT2D eigenvalue weighted by molar-refractivity contribution is 0.369. The summed E-state index contributed by atoms with van der Waals surface area (Å²) in [6.07, 6.45) is 8.48. The van der Waals surface area contributed by atoms with Gasteiger partial charge < -0.3 is 0 Å². The second-order valence-electron chi connectivity index (χ2n) is 4.42. The fourth-order valence-corrected chi connectivity index (χ4v) is 2.34. The molecule has 0 aliphatic rings. The topological polar surface area (TPSA) is 0 Å². The molecule has 0 aromatic heterocycles. The van der Waals surface area contributed by atoms with Gasteiger partial charge >= 0.3 is 0 Å². The van der Waals surface area contributed by atoms with E-state index in [-0.39, 0.29) is 0 Å². The summed E-state index contributed by atoms with van der Waals surface area (Å²) in [5.74, 6) is 1.89. The number of rotatable bonds is 8. The molecule has 0 fully saturated rings. The van der Waals surface area contributed by atoms with Crippen LogP contribution in [0.25, 0.3) is 0 Å². The molecule has 2 unspecified atom stereocenters. The van der Waals surface area contributed by atoms with Crippen molar-refractivity contribution in [1.29, 1.82) is 0 Å². The van der Waals surface area contributed by atoms with Crippen LogP contribution in [0.15, 0.2) is 0 Å². The van der Waals surface area contributed by atoms with Crippen LogP contribution in [-0.4, -0.2) is 4.43 Å². The second-order valence-corrected chi connectivity index (χ2v) is 5.50. The summed E-state index contributed by atoms with van der Waals surface area (Å²) in [6.45, 7) is 7.11.